The van der Waals surface area contributed by atoms with Gasteiger partial charge >= 0.3 is 5.97 Å². The van der Waals surface area contributed by atoms with E-state index in [1.165, 1.54) is 0 Å². The number of rotatable bonds is 21. The van der Waals surface area contributed by atoms with Crippen LogP contribution in [0.3, 0.4) is 0 Å². The summed E-state index contributed by atoms with van der Waals surface area (Å²) < 4.78 is 60.2. The minimum absolute atomic E-state index is 0.0176. The Hall–Kier alpha value is -2.97. The zero-order valence-corrected chi connectivity index (χ0v) is 31.5. The lowest BCUT2D eigenvalue weighted by molar-refractivity contribution is -0.347. The maximum absolute atomic E-state index is 12.5. The summed E-state index contributed by atoms with van der Waals surface area (Å²) >= 11 is 0.706. The molecule has 0 bridgehead atoms. The topological polar surface area (TPSA) is 412 Å². The van der Waals surface area contributed by atoms with E-state index in [9.17, 15) is 62.7 Å². The summed E-state index contributed by atoms with van der Waals surface area (Å²) in [6.07, 6.45) is -8.46. The molecule has 54 heavy (non-hydrogen) atoms. The van der Waals surface area contributed by atoms with Crippen LogP contribution in [0.2, 0.25) is 0 Å². The average molecular weight is 851 g/mol. The van der Waals surface area contributed by atoms with Crippen molar-refractivity contribution in [3.8, 4) is 0 Å². The van der Waals surface area contributed by atoms with E-state index in [1.807, 2.05) is 0 Å². The maximum Gasteiger partial charge on any atom is 0.311 e. The number of nitrogens with one attached hydrogen (secondary N) is 2. The summed E-state index contributed by atoms with van der Waals surface area (Å²) in [7, 11) is -17.6. The third-order valence-corrected chi connectivity index (χ3v) is 10.9. The summed E-state index contributed by atoms with van der Waals surface area (Å²) in [5, 5.41) is 33.8. The summed E-state index contributed by atoms with van der Waals surface area (Å²) in [5.41, 5.74) is 3.99. The first-order valence-electron chi connectivity index (χ1n) is 15.1. The average Bonchev–Trinajstić information content (AvgIpc) is 3.60. The number of aromatic nitrogens is 4. The quantitative estimate of drug-likeness (QED) is 0.0299. The third-order valence-electron chi connectivity index (χ3n) is 7.04. The van der Waals surface area contributed by atoms with E-state index in [0.29, 0.717) is 11.8 Å². The molecular weight excluding hydrogens is 816 g/mol. The monoisotopic (exact) mass is 850 g/mol. The molecule has 0 aliphatic carbocycles. The molecule has 0 aromatic carbocycles. The highest BCUT2D eigenvalue weighted by Gasteiger charge is 2.47. The smallest absolute Gasteiger partial charge is 0.311 e. The zero-order valence-electron chi connectivity index (χ0n) is 28.0. The van der Waals surface area contributed by atoms with Crippen molar-refractivity contribution in [2.45, 2.75) is 57.3 Å². The van der Waals surface area contributed by atoms with Crippen LogP contribution >= 0.6 is 35.2 Å². The molecule has 1 saturated heterocycles. The Balaban J connectivity index is 1.51. The molecular formula is C24H34N7O19P3S-4. The van der Waals surface area contributed by atoms with Crippen molar-refractivity contribution in [1.29, 1.82) is 0 Å². The minimum atomic E-state index is -5.93. The second-order valence-corrected chi connectivity index (χ2v) is 17.0. The number of carbonyl (C=O) groups is 4. The van der Waals surface area contributed by atoms with Gasteiger partial charge in [0.05, 0.1) is 27.4 Å². The molecule has 7 atom stereocenters. The van der Waals surface area contributed by atoms with E-state index in [0.717, 1.165) is 31.1 Å². The molecule has 1 aliphatic rings. The summed E-state index contributed by atoms with van der Waals surface area (Å²) in [4.78, 5) is 105. The number of phosphoric acid groups is 3. The van der Waals surface area contributed by atoms with Gasteiger partial charge in [0.1, 0.15) is 42.7 Å². The standard InChI is InChI=1S/C24H38N7O19P3S/c1-24(2,19(37)22(38)27-4-3-13(32)26-5-6-54-15(35)7-14(33)34)9-47-53(44,45)50-52(42,43)46-8-12-18(49-51(39,40)41)17(36)23(48-12)31-11-30-16-20(25)28-10-29-21(16)31/h10-12,17-19,23,36-37H,3-9H2,1-2H3,(H,26,32)(H,27,38)(H,33,34)(H,42,43)(H,44,45)(H2,25,28,29)(H2,39,40,41)/p-4/t12-,17-,18-,19-,23-/m1/s1/i7+1. The number of imidazole rings is 1. The number of carboxylic acids is 1. The van der Waals surface area contributed by atoms with E-state index in [-0.39, 0.29) is 42.2 Å². The number of hydrogen-bond acceptors (Lipinski definition) is 23. The fourth-order valence-corrected chi connectivity index (χ4v) is 7.84. The van der Waals surface area contributed by atoms with Crippen molar-refractivity contribution in [1.82, 2.24) is 30.2 Å². The molecule has 0 spiro atoms. The number of nitrogen functional groups attached to an aromatic ring is 1. The molecule has 2 aromatic heterocycles. The Morgan fingerprint density at radius 3 is 2.39 bits per heavy atom. The number of nitrogens with zero attached hydrogens (tertiary/aromatic N) is 4. The van der Waals surface area contributed by atoms with Gasteiger partial charge in [0.2, 0.25) is 11.8 Å². The molecule has 2 aromatic rings. The fourth-order valence-electron chi connectivity index (χ4n) is 4.45. The molecule has 1 aliphatic heterocycles. The molecule has 0 saturated carbocycles. The lowest BCUT2D eigenvalue weighted by Gasteiger charge is -2.36. The predicted molar refractivity (Wildman–Crippen MR) is 170 cm³/mol. The number of phosphoric ester groups is 3. The number of aliphatic hydroxyl groups is 2. The Morgan fingerprint density at radius 2 is 1.74 bits per heavy atom. The normalized spacial score (nSPS) is 21.9. The largest absolute Gasteiger partial charge is 0.790 e. The van der Waals surface area contributed by atoms with E-state index >= 15 is 0 Å². The second kappa shape index (κ2) is 18.8. The molecule has 3 heterocycles. The molecule has 1 fully saturated rings. The van der Waals surface area contributed by atoms with Gasteiger partial charge in [-0.1, -0.05) is 25.6 Å². The number of thioether (sulfide) groups is 1. The van der Waals surface area contributed by atoms with Crippen molar-refractivity contribution >= 4 is 75.1 Å². The van der Waals surface area contributed by atoms with Crippen LogP contribution in [0.4, 0.5) is 5.82 Å². The van der Waals surface area contributed by atoms with Crippen LogP contribution in [0.5, 0.6) is 0 Å². The first kappa shape index (κ1) is 45.4. The number of aliphatic hydroxyl groups excluding tert-OH is 2. The molecule has 26 nitrogen and oxygen atoms in total. The van der Waals surface area contributed by atoms with Crippen LogP contribution in [-0.4, -0.2) is 114 Å². The Bertz CT molecular complexity index is 1830. The highest BCUT2D eigenvalue weighted by atomic mass is 32.2. The number of ether oxygens (including phenoxy) is 1. The Morgan fingerprint density at radius 1 is 1.07 bits per heavy atom. The fraction of sp³-hybridized carbons (Fsp3) is 0.625. The number of amides is 2. The van der Waals surface area contributed by atoms with E-state index in [1.54, 1.807) is 0 Å². The predicted octanol–water partition coefficient (Wildman–Crippen LogP) is -4.39. The molecule has 3 rings (SSSR count). The number of fused-ring (bicyclic) bond motifs is 1. The lowest BCUT2D eigenvalue weighted by atomic mass is 9.87. The SMILES string of the molecule is CC(C)(COP(=O)([O-])OP(=O)([O-])OC[C@H]1O[C@@H](n2cnc3c(N)ncnc32)[C@H](O)[C@@H]1OP(=O)([O-])[O-])[C@H](O)C(=O)NCCC(=O)NCCSC(=O)[13CH2]C(=O)O. The van der Waals surface area contributed by atoms with Gasteiger partial charge in [-0.05, 0) is 0 Å². The van der Waals surface area contributed by atoms with E-state index in [2.05, 4.69) is 43.5 Å². The number of nitrogens with two attached hydrogens (primary N) is 1. The first-order valence-corrected chi connectivity index (χ1v) is 20.5. The summed E-state index contributed by atoms with van der Waals surface area (Å²) in [6.45, 7) is -0.268. The molecule has 2 unspecified atom stereocenters. The van der Waals surface area contributed by atoms with E-state index < -0.39 is 102 Å². The zero-order chi connectivity index (χ0) is 40.6. The van der Waals surface area contributed by atoms with Gasteiger partial charge in [-0.2, -0.15) is 0 Å². The van der Waals surface area contributed by atoms with Crippen LogP contribution in [-0.2, 0) is 55.5 Å². The highest BCUT2D eigenvalue weighted by molar-refractivity contribution is 8.13. The lowest BCUT2D eigenvalue weighted by Crippen LogP contribution is -2.46. The first-order chi connectivity index (χ1) is 24.9. The van der Waals surface area contributed by atoms with Crippen molar-refractivity contribution in [2.24, 2.45) is 5.41 Å². The highest BCUT2D eigenvalue weighted by Crippen LogP contribution is 2.56. The van der Waals surface area contributed by atoms with Gasteiger partial charge in [0.15, 0.2) is 22.8 Å². The number of hydrogen-bond donors (Lipinski definition) is 6. The van der Waals surface area contributed by atoms with Crippen molar-refractivity contribution in [3.05, 3.63) is 12.7 Å². The Kier molecular flexibility index (Phi) is 15.8. The van der Waals surface area contributed by atoms with E-state index in [4.69, 9.17) is 15.6 Å². The van der Waals surface area contributed by atoms with Gasteiger partial charge < -0.3 is 74.1 Å². The van der Waals surface area contributed by atoms with Crippen molar-refractivity contribution in [2.75, 3.05) is 37.8 Å². The number of anilines is 1. The second-order valence-electron chi connectivity index (χ2n) is 11.8. The summed E-state index contributed by atoms with van der Waals surface area (Å²) in [6, 6.07) is 0. The third kappa shape index (κ3) is 13.6. The number of carbonyl (C=O) groups excluding carboxylic acids is 3. The van der Waals surface area contributed by atoms with Crippen LogP contribution in [0.1, 0.15) is 32.9 Å². The molecule has 2 amide bonds. The van der Waals surface area contributed by atoms with Crippen LogP contribution < -0.4 is 35.9 Å². The van der Waals surface area contributed by atoms with Gasteiger partial charge in [0, 0.05) is 30.7 Å². The molecule has 7 N–H and O–H groups in total. The minimum Gasteiger partial charge on any atom is -0.790 e. The van der Waals surface area contributed by atoms with Gasteiger partial charge in [-0.15, -0.1) is 0 Å². The molecule has 0 radical (unpaired) electrons. The number of aliphatic carboxylic acids is 1. The number of carboxylic acid groups (broad SMARTS) is 1. The van der Waals surface area contributed by atoms with Crippen LogP contribution in [0.25, 0.3) is 11.2 Å². The van der Waals surface area contributed by atoms with Crippen molar-refractivity contribution in [3.63, 3.8) is 0 Å². The van der Waals surface area contributed by atoms with Crippen LogP contribution in [0, 0.1) is 5.41 Å². The maximum atomic E-state index is 12.5. The molecule has 304 valence electrons. The van der Waals surface area contributed by atoms with Gasteiger partial charge in [-0.3, -0.25) is 32.9 Å². The molecule has 30 heteroatoms. The van der Waals surface area contributed by atoms with Gasteiger partial charge in [0.25, 0.3) is 15.6 Å². The van der Waals surface area contributed by atoms with Crippen LogP contribution in [0.15, 0.2) is 12.7 Å². The summed E-state index contributed by atoms with van der Waals surface area (Å²) in [5.74, 6) is -2.91. The van der Waals surface area contributed by atoms with Crippen molar-refractivity contribution < 1.29 is 90.4 Å². The van der Waals surface area contributed by atoms with Gasteiger partial charge in [-0.25, -0.2) is 19.3 Å². The Labute approximate surface area is 308 Å².